The van der Waals surface area contributed by atoms with E-state index < -0.39 is 5.92 Å². The minimum absolute atomic E-state index is 0.0584. The third-order valence-electron chi connectivity index (χ3n) is 6.06. The number of nitriles is 1. The van der Waals surface area contributed by atoms with Crippen LogP contribution in [-0.2, 0) is 4.79 Å². The van der Waals surface area contributed by atoms with E-state index in [2.05, 4.69) is 18.2 Å². The number of hydrogen-bond acceptors (Lipinski definition) is 6. The van der Waals surface area contributed by atoms with E-state index >= 15 is 0 Å². The Morgan fingerprint density at radius 3 is 2.32 bits per heavy atom. The van der Waals surface area contributed by atoms with Crippen molar-refractivity contribution in [2.45, 2.75) is 24.7 Å². The fourth-order valence-electron chi connectivity index (χ4n) is 4.66. The molecule has 0 saturated carbocycles. The molecule has 0 aromatic heterocycles. The van der Waals surface area contributed by atoms with Crippen LogP contribution in [-0.4, -0.2) is 37.0 Å². The van der Waals surface area contributed by atoms with Gasteiger partial charge >= 0.3 is 0 Å². The van der Waals surface area contributed by atoms with Crippen LogP contribution in [0.5, 0.6) is 5.75 Å². The first-order valence-corrected chi connectivity index (χ1v) is 10.3. The number of carbonyl (C=O) groups is 1. The molecule has 0 bridgehead atoms. The molecular formula is C25H26N4O2. The molecule has 4 rings (SSSR count). The van der Waals surface area contributed by atoms with Crippen LogP contribution in [0.25, 0.3) is 0 Å². The van der Waals surface area contributed by atoms with Crippen molar-refractivity contribution >= 4 is 5.78 Å². The van der Waals surface area contributed by atoms with Crippen LogP contribution in [0.3, 0.4) is 0 Å². The monoisotopic (exact) mass is 414 g/mol. The number of Topliss-reactive ketones (excluding diaryl/α,β-unsaturated/α-hetero) is 1. The number of ketones is 1. The number of nitrogens with two attached hydrogens (primary N) is 1. The molecular weight excluding hydrogens is 388 g/mol. The van der Waals surface area contributed by atoms with Crippen LogP contribution < -0.4 is 10.5 Å². The molecule has 0 unspecified atom stereocenters. The van der Waals surface area contributed by atoms with Gasteiger partial charge in [-0.2, -0.15) is 5.26 Å². The number of benzene rings is 2. The number of hydrogen-bond donors (Lipinski definition) is 1. The molecule has 0 spiro atoms. The molecule has 2 aromatic rings. The average Bonchev–Trinajstić information content (AvgIpc) is 2.78. The summed E-state index contributed by atoms with van der Waals surface area (Å²) in [6.07, 6.45) is 1.09. The van der Waals surface area contributed by atoms with Gasteiger partial charge in [-0.1, -0.05) is 42.5 Å². The Kier molecular flexibility index (Phi) is 5.53. The van der Waals surface area contributed by atoms with Gasteiger partial charge in [-0.15, -0.1) is 0 Å². The molecule has 31 heavy (non-hydrogen) atoms. The molecule has 0 fully saturated rings. The maximum Gasteiger partial charge on any atom is 0.162 e. The predicted molar refractivity (Wildman–Crippen MR) is 119 cm³/mol. The van der Waals surface area contributed by atoms with Crippen LogP contribution in [0, 0.1) is 11.3 Å². The maximum absolute atomic E-state index is 13.6. The van der Waals surface area contributed by atoms with E-state index in [-0.39, 0.29) is 11.7 Å². The minimum Gasteiger partial charge on any atom is -0.497 e. The maximum atomic E-state index is 13.6. The van der Waals surface area contributed by atoms with Gasteiger partial charge < -0.3 is 10.5 Å². The first-order chi connectivity index (χ1) is 15.0. The van der Waals surface area contributed by atoms with Crippen molar-refractivity contribution in [1.82, 2.24) is 10.0 Å². The Morgan fingerprint density at radius 2 is 1.74 bits per heavy atom. The summed E-state index contributed by atoms with van der Waals surface area (Å²) < 4.78 is 5.27. The first-order valence-electron chi connectivity index (χ1n) is 10.3. The molecule has 6 heteroatoms. The van der Waals surface area contributed by atoms with E-state index in [1.54, 1.807) is 7.11 Å². The number of methoxy groups -OCH3 is 1. The van der Waals surface area contributed by atoms with Gasteiger partial charge in [0.25, 0.3) is 0 Å². The lowest BCUT2D eigenvalue weighted by Gasteiger charge is -2.43. The van der Waals surface area contributed by atoms with E-state index in [1.165, 1.54) is 0 Å². The van der Waals surface area contributed by atoms with Crippen LogP contribution in [0.15, 0.2) is 77.3 Å². The molecule has 2 atom stereocenters. The van der Waals surface area contributed by atoms with Gasteiger partial charge in [0.1, 0.15) is 11.6 Å². The van der Waals surface area contributed by atoms with Crippen molar-refractivity contribution in [3.05, 3.63) is 88.4 Å². The van der Waals surface area contributed by atoms with Crippen molar-refractivity contribution in [3.8, 4) is 11.8 Å². The Labute approximate surface area is 182 Å². The molecule has 1 heterocycles. The molecule has 1 aliphatic heterocycles. The quantitative estimate of drug-likeness (QED) is 0.822. The smallest absolute Gasteiger partial charge is 0.162 e. The molecule has 2 aromatic carbocycles. The van der Waals surface area contributed by atoms with Crippen LogP contribution in [0.4, 0.5) is 0 Å². The van der Waals surface area contributed by atoms with Gasteiger partial charge in [-0.05, 0) is 35.6 Å². The number of nitrogens with zero attached hydrogens (tertiary/aromatic N) is 3. The zero-order valence-corrected chi connectivity index (χ0v) is 18.0. The third kappa shape index (κ3) is 3.58. The predicted octanol–water partition coefficient (Wildman–Crippen LogP) is 3.67. The minimum atomic E-state index is -0.480. The highest BCUT2D eigenvalue weighted by atomic mass is 16.5. The first kappa shape index (κ1) is 20.7. The summed E-state index contributed by atoms with van der Waals surface area (Å²) in [6.45, 7) is 0. The van der Waals surface area contributed by atoms with Gasteiger partial charge in [-0.3, -0.25) is 9.80 Å². The van der Waals surface area contributed by atoms with Gasteiger partial charge in [0.15, 0.2) is 5.78 Å². The topological polar surface area (TPSA) is 82.6 Å². The van der Waals surface area contributed by atoms with Crippen LogP contribution in [0.1, 0.15) is 35.8 Å². The summed E-state index contributed by atoms with van der Waals surface area (Å²) in [5.74, 6) is 0.740. The van der Waals surface area contributed by atoms with Gasteiger partial charge in [0, 0.05) is 31.8 Å². The summed E-state index contributed by atoms with van der Waals surface area (Å²) in [4.78, 5) is 13.6. The van der Waals surface area contributed by atoms with E-state index in [9.17, 15) is 10.1 Å². The number of hydrazine groups is 1. The SMILES string of the molecule is COc1ccc([C@@H]2C(C#N)=C(N)N(N(C)C)C3=C2C(=O)C[C@H](c2ccccc2)C3)cc1. The highest BCUT2D eigenvalue weighted by Gasteiger charge is 2.43. The highest BCUT2D eigenvalue weighted by molar-refractivity contribution is 6.00. The lowest BCUT2D eigenvalue weighted by molar-refractivity contribution is -0.117. The largest absolute Gasteiger partial charge is 0.497 e. The molecule has 0 radical (unpaired) electrons. The van der Waals surface area contributed by atoms with E-state index in [4.69, 9.17) is 10.5 Å². The highest BCUT2D eigenvalue weighted by Crippen LogP contribution is 2.48. The van der Waals surface area contributed by atoms with Crippen molar-refractivity contribution in [2.75, 3.05) is 21.2 Å². The summed E-state index contributed by atoms with van der Waals surface area (Å²) >= 11 is 0. The Hall–Kier alpha value is -3.56. The standard InChI is InChI=1S/C25H26N4O2/c1-28(2)29-21-13-18(16-7-5-4-6-8-16)14-22(30)24(21)23(20(15-26)25(29)27)17-9-11-19(31-3)12-10-17/h4-12,18,23H,13-14,27H2,1-3H3/t18-,23-/m1/s1. The van der Waals surface area contributed by atoms with E-state index in [1.807, 2.05) is 66.6 Å². The molecule has 0 amide bonds. The van der Waals surface area contributed by atoms with Crippen molar-refractivity contribution in [1.29, 1.82) is 5.26 Å². The second kappa shape index (κ2) is 8.29. The van der Waals surface area contributed by atoms with Gasteiger partial charge in [-0.25, -0.2) is 5.01 Å². The number of carbonyl (C=O) groups excluding carboxylic acids is 1. The summed E-state index contributed by atoms with van der Waals surface area (Å²) in [5, 5.41) is 13.7. The van der Waals surface area contributed by atoms with Crippen LogP contribution >= 0.6 is 0 Å². The lowest BCUT2D eigenvalue weighted by Crippen LogP contribution is -2.46. The number of rotatable bonds is 4. The van der Waals surface area contributed by atoms with Crippen molar-refractivity contribution in [3.63, 3.8) is 0 Å². The second-order valence-electron chi connectivity index (χ2n) is 8.08. The zero-order chi connectivity index (χ0) is 22.1. The van der Waals surface area contributed by atoms with Crippen molar-refractivity contribution < 1.29 is 9.53 Å². The molecule has 6 nitrogen and oxygen atoms in total. The third-order valence-corrected chi connectivity index (χ3v) is 6.06. The Balaban J connectivity index is 1.87. The Morgan fingerprint density at radius 1 is 1.06 bits per heavy atom. The molecule has 2 N–H and O–H groups in total. The number of allylic oxidation sites excluding steroid dienone is 3. The Bertz CT molecular complexity index is 1090. The second-order valence-corrected chi connectivity index (χ2v) is 8.08. The molecule has 1 aliphatic carbocycles. The normalized spacial score (nSPS) is 21.3. The fourth-order valence-corrected chi connectivity index (χ4v) is 4.66. The summed E-state index contributed by atoms with van der Waals surface area (Å²) in [6, 6.07) is 19.9. The van der Waals surface area contributed by atoms with Crippen LogP contribution in [0.2, 0.25) is 0 Å². The summed E-state index contributed by atoms with van der Waals surface area (Å²) in [5.41, 5.74) is 10.4. The molecule has 2 aliphatic rings. The van der Waals surface area contributed by atoms with E-state index in [0.717, 1.165) is 22.6 Å². The average molecular weight is 415 g/mol. The zero-order valence-electron chi connectivity index (χ0n) is 18.0. The van der Waals surface area contributed by atoms with E-state index in [0.29, 0.717) is 29.8 Å². The molecule has 0 saturated heterocycles. The summed E-state index contributed by atoms with van der Waals surface area (Å²) in [7, 11) is 5.35. The van der Waals surface area contributed by atoms with Gasteiger partial charge in [0.2, 0.25) is 0 Å². The molecule has 158 valence electrons. The van der Waals surface area contributed by atoms with Crippen molar-refractivity contribution in [2.24, 2.45) is 5.73 Å². The van der Waals surface area contributed by atoms with Gasteiger partial charge in [0.05, 0.1) is 24.7 Å². The number of ether oxygens (including phenoxy) is 1. The fraction of sp³-hybridized carbons (Fsp3) is 0.280. The lowest BCUT2D eigenvalue weighted by atomic mass is 9.72.